The lowest BCUT2D eigenvalue weighted by atomic mass is 10.2. The zero-order chi connectivity index (χ0) is 22.8. The molecule has 1 saturated heterocycles. The van der Waals surface area contributed by atoms with E-state index in [0.29, 0.717) is 18.0 Å². The van der Waals surface area contributed by atoms with Crippen molar-refractivity contribution in [2.45, 2.75) is 41.7 Å². The maximum Gasteiger partial charge on any atom is 0.314 e. The number of ether oxygens (including phenoxy) is 1. The number of hydrogen-bond donors (Lipinski definition) is 1. The first-order valence-corrected chi connectivity index (χ1v) is 12.3. The number of sulfonamides is 1. The van der Waals surface area contributed by atoms with Gasteiger partial charge in [-0.1, -0.05) is 39.0 Å². The van der Waals surface area contributed by atoms with E-state index in [9.17, 15) is 13.2 Å². The molecule has 9 heteroatoms. The third-order valence-corrected chi connectivity index (χ3v) is 8.37. The fourth-order valence-corrected chi connectivity index (χ4v) is 6.55. The SMILES string of the molecule is CN([C@@H]1CN(C(N)=O)C[C@H]1SC(C)(C)C)S(=O)(=O)c1ccc(Oc2ccccc2)cc1. The first-order valence-electron chi connectivity index (χ1n) is 10.0. The molecule has 0 aliphatic carbocycles. The van der Waals surface area contributed by atoms with Crippen molar-refractivity contribution in [2.24, 2.45) is 5.73 Å². The average molecular weight is 464 g/mol. The molecule has 0 radical (unpaired) electrons. The molecule has 2 amide bonds. The van der Waals surface area contributed by atoms with Crippen LogP contribution in [-0.2, 0) is 10.0 Å². The van der Waals surface area contributed by atoms with Crippen LogP contribution < -0.4 is 10.5 Å². The number of nitrogens with two attached hydrogens (primary N) is 1. The van der Waals surface area contributed by atoms with Crippen LogP contribution in [0.4, 0.5) is 4.79 Å². The van der Waals surface area contributed by atoms with Crippen molar-refractivity contribution in [3.05, 3.63) is 54.6 Å². The number of likely N-dealkylation sites (tertiary alicyclic amines) is 1. The Morgan fingerprint density at radius 2 is 1.65 bits per heavy atom. The van der Waals surface area contributed by atoms with Crippen LogP contribution in [0.2, 0.25) is 0 Å². The maximum atomic E-state index is 13.3. The van der Waals surface area contributed by atoms with Crippen LogP contribution >= 0.6 is 11.8 Å². The summed E-state index contributed by atoms with van der Waals surface area (Å²) < 4.78 is 33.7. The molecule has 7 nitrogen and oxygen atoms in total. The van der Waals surface area contributed by atoms with Crippen LogP contribution in [0.1, 0.15) is 20.8 Å². The Hall–Kier alpha value is -2.23. The van der Waals surface area contributed by atoms with Gasteiger partial charge in [-0.25, -0.2) is 13.2 Å². The van der Waals surface area contributed by atoms with Gasteiger partial charge in [0.25, 0.3) is 0 Å². The van der Waals surface area contributed by atoms with Crippen LogP contribution in [0.5, 0.6) is 11.5 Å². The highest BCUT2D eigenvalue weighted by atomic mass is 32.2. The first kappa shape index (κ1) is 23.4. The summed E-state index contributed by atoms with van der Waals surface area (Å²) in [7, 11) is -2.20. The molecule has 2 aromatic carbocycles. The zero-order valence-electron chi connectivity index (χ0n) is 18.2. The highest BCUT2D eigenvalue weighted by molar-refractivity contribution is 8.01. The molecular formula is C22H29N3O4S2. The predicted molar refractivity (Wildman–Crippen MR) is 124 cm³/mol. The number of primary amides is 1. The molecule has 0 bridgehead atoms. The summed E-state index contributed by atoms with van der Waals surface area (Å²) in [6.45, 7) is 6.91. The summed E-state index contributed by atoms with van der Waals surface area (Å²) in [4.78, 5) is 13.4. The highest BCUT2D eigenvalue weighted by Gasteiger charge is 2.43. The number of carbonyl (C=O) groups excluding carboxylic acids is 1. The quantitative estimate of drug-likeness (QED) is 0.704. The lowest BCUT2D eigenvalue weighted by molar-refractivity contribution is 0.215. The summed E-state index contributed by atoms with van der Waals surface area (Å²) in [5, 5.41) is -0.0760. The van der Waals surface area contributed by atoms with Gasteiger partial charge in [0.1, 0.15) is 11.5 Å². The van der Waals surface area contributed by atoms with Gasteiger partial charge in [-0.05, 0) is 36.4 Å². The molecule has 1 aliphatic heterocycles. The van der Waals surface area contributed by atoms with Crippen molar-refractivity contribution in [1.29, 1.82) is 0 Å². The number of para-hydroxylation sites is 1. The Bertz CT molecular complexity index is 1010. The van der Waals surface area contributed by atoms with Crippen molar-refractivity contribution in [2.75, 3.05) is 20.1 Å². The van der Waals surface area contributed by atoms with Crippen LogP contribution in [0.25, 0.3) is 0 Å². The second kappa shape index (κ2) is 9.10. The number of amides is 2. The third-order valence-electron chi connectivity index (χ3n) is 5.00. The Labute approximate surface area is 188 Å². The van der Waals surface area contributed by atoms with E-state index in [-0.39, 0.29) is 27.5 Å². The van der Waals surface area contributed by atoms with Gasteiger partial charge in [-0.3, -0.25) is 0 Å². The number of thioether (sulfide) groups is 1. The Balaban J connectivity index is 1.80. The van der Waals surface area contributed by atoms with Crippen LogP contribution in [0, 0.1) is 0 Å². The summed E-state index contributed by atoms with van der Waals surface area (Å²) in [5.74, 6) is 1.23. The molecule has 0 saturated carbocycles. The Morgan fingerprint density at radius 1 is 1.06 bits per heavy atom. The van der Waals surface area contributed by atoms with E-state index in [1.807, 2.05) is 30.3 Å². The van der Waals surface area contributed by atoms with Crippen molar-refractivity contribution < 1.29 is 17.9 Å². The molecule has 1 aliphatic rings. The van der Waals surface area contributed by atoms with E-state index in [0.717, 1.165) is 0 Å². The van der Waals surface area contributed by atoms with Crippen molar-refractivity contribution in [1.82, 2.24) is 9.21 Å². The van der Waals surface area contributed by atoms with Gasteiger partial charge >= 0.3 is 6.03 Å². The van der Waals surface area contributed by atoms with Gasteiger partial charge in [0, 0.05) is 30.1 Å². The summed E-state index contributed by atoms with van der Waals surface area (Å²) in [6, 6.07) is 14.7. The highest BCUT2D eigenvalue weighted by Crippen LogP contribution is 2.36. The molecule has 31 heavy (non-hydrogen) atoms. The molecule has 2 N–H and O–H groups in total. The number of urea groups is 1. The number of carbonyl (C=O) groups is 1. The fourth-order valence-electron chi connectivity index (χ4n) is 3.50. The first-order chi connectivity index (χ1) is 14.5. The van der Waals surface area contributed by atoms with Crippen LogP contribution in [-0.4, -0.2) is 59.8 Å². The second-order valence-electron chi connectivity index (χ2n) is 8.49. The molecule has 3 rings (SSSR count). The van der Waals surface area contributed by atoms with Gasteiger partial charge in [-0.2, -0.15) is 4.31 Å². The molecule has 2 aromatic rings. The van der Waals surface area contributed by atoms with E-state index in [4.69, 9.17) is 10.5 Å². The standard InChI is InChI=1S/C22H29N3O4S2/c1-22(2,3)30-20-15-25(21(23)26)14-19(20)24(4)31(27,28)18-12-10-17(11-13-18)29-16-8-6-5-7-9-16/h5-13,19-20H,14-15H2,1-4H3,(H2,23,26)/t19-,20-/m1/s1. The summed E-state index contributed by atoms with van der Waals surface area (Å²) in [5.41, 5.74) is 5.48. The molecule has 2 atom stereocenters. The topological polar surface area (TPSA) is 92.9 Å². The third kappa shape index (κ3) is 5.72. The fraction of sp³-hybridized carbons (Fsp3) is 0.409. The average Bonchev–Trinajstić information content (AvgIpc) is 3.10. The second-order valence-corrected chi connectivity index (χ2v) is 12.6. The Morgan fingerprint density at radius 3 is 2.19 bits per heavy atom. The van der Waals surface area contributed by atoms with E-state index >= 15 is 0 Å². The van der Waals surface area contributed by atoms with Gasteiger partial charge in [-0.15, -0.1) is 11.8 Å². The van der Waals surface area contributed by atoms with Crippen molar-refractivity contribution in [3.63, 3.8) is 0 Å². The number of likely N-dealkylation sites (N-methyl/N-ethyl adjacent to an activating group) is 1. The molecular weight excluding hydrogens is 434 g/mol. The van der Waals surface area contributed by atoms with E-state index in [1.165, 1.54) is 21.3 Å². The number of hydrogen-bond acceptors (Lipinski definition) is 5. The minimum atomic E-state index is -3.76. The number of benzene rings is 2. The van der Waals surface area contributed by atoms with E-state index in [1.54, 1.807) is 30.9 Å². The van der Waals surface area contributed by atoms with Gasteiger partial charge in [0.15, 0.2) is 0 Å². The Kier molecular flexibility index (Phi) is 6.88. The number of rotatable bonds is 6. The maximum absolute atomic E-state index is 13.3. The largest absolute Gasteiger partial charge is 0.457 e. The van der Waals surface area contributed by atoms with Crippen molar-refractivity contribution in [3.8, 4) is 11.5 Å². The molecule has 1 fully saturated rings. The van der Waals surface area contributed by atoms with Gasteiger partial charge in [0.2, 0.25) is 10.0 Å². The molecule has 0 spiro atoms. The zero-order valence-corrected chi connectivity index (χ0v) is 19.8. The van der Waals surface area contributed by atoms with Crippen LogP contribution in [0.15, 0.2) is 59.5 Å². The minimum absolute atomic E-state index is 0.0760. The normalized spacial score (nSPS) is 19.6. The smallest absolute Gasteiger partial charge is 0.314 e. The molecule has 0 unspecified atom stereocenters. The van der Waals surface area contributed by atoms with Gasteiger partial charge in [0.05, 0.1) is 10.9 Å². The minimum Gasteiger partial charge on any atom is -0.457 e. The van der Waals surface area contributed by atoms with Gasteiger partial charge < -0.3 is 15.4 Å². The van der Waals surface area contributed by atoms with E-state index < -0.39 is 16.1 Å². The number of nitrogens with zero attached hydrogens (tertiary/aromatic N) is 2. The van der Waals surface area contributed by atoms with Crippen molar-refractivity contribution >= 4 is 27.8 Å². The van der Waals surface area contributed by atoms with E-state index in [2.05, 4.69) is 20.8 Å². The molecule has 168 valence electrons. The molecule has 0 aromatic heterocycles. The molecule has 1 heterocycles. The monoisotopic (exact) mass is 463 g/mol. The lowest BCUT2D eigenvalue weighted by Gasteiger charge is -2.31. The van der Waals surface area contributed by atoms with Crippen LogP contribution in [0.3, 0.4) is 0 Å². The predicted octanol–water partition coefficient (Wildman–Crippen LogP) is 3.76. The lowest BCUT2D eigenvalue weighted by Crippen LogP contribution is -2.44. The summed E-state index contributed by atoms with van der Waals surface area (Å²) >= 11 is 1.66. The summed E-state index contributed by atoms with van der Waals surface area (Å²) in [6.07, 6.45) is 0.